The van der Waals surface area contributed by atoms with Crippen LogP contribution < -0.4 is 11.1 Å². The molecule has 0 aromatic heterocycles. The van der Waals surface area contributed by atoms with Crippen LogP contribution in [-0.2, 0) is 11.2 Å². The van der Waals surface area contributed by atoms with Gasteiger partial charge in [0.25, 0.3) is 0 Å². The Labute approximate surface area is 108 Å². The van der Waals surface area contributed by atoms with Gasteiger partial charge in [-0.2, -0.15) is 0 Å². The molecule has 94 valence electrons. The highest BCUT2D eigenvalue weighted by Crippen LogP contribution is 2.35. The second-order valence-electron chi connectivity index (χ2n) is 4.66. The Morgan fingerprint density at radius 3 is 2.76 bits per heavy atom. The molecule has 2 rings (SSSR count). The average molecular weight is 255 g/mol. The molecular weight excluding hydrogens is 236 g/mol. The van der Waals surface area contributed by atoms with Crippen LogP contribution in [0.5, 0.6) is 0 Å². The van der Waals surface area contributed by atoms with E-state index in [-0.39, 0.29) is 24.4 Å². The molecule has 1 aromatic rings. The lowest BCUT2D eigenvalue weighted by molar-refractivity contribution is -0.123. The van der Waals surface area contributed by atoms with Crippen LogP contribution in [0.15, 0.2) is 24.3 Å². The first-order valence-electron chi connectivity index (χ1n) is 5.73. The van der Waals surface area contributed by atoms with Crippen molar-refractivity contribution in [2.24, 2.45) is 11.7 Å². The summed E-state index contributed by atoms with van der Waals surface area (Å²) in [6, 6.07) is 7.95. The van der Waals surface area contributed by atoms with Crippen molar-refractivity contribution in [2.45, 2.75) is 32.4 Å². The Hall–Kier alpha value is -1.06. The van der Waals surface area contributed by atoms with Gasteiger partial charge in [0.2, 0.25) is 5.91 Å². The summed E-state index contributed by atoms with van der Waals surface area (Å²) in [4.78, 5) is 11.6. The predicted octanol–water partition coefficient (Wildman–Crippen LogP) is 1.81. The summed E-state index contributed by atoms with van der Waals surface area (Å²) in [6.45, 7) is 3.87. The van der Waals surface area contributed by atoms with Gasteiger partial charge in [0.05, 0.1) is 12.1 Å². The first-order valence-corrected chi connectivity index (χ1v) is 5.73. The lowest BCUT2D eigenvalue weighted by Gasteiger charge is -2.20. The number of carbonyl (C=O) groups excluding carboxylic acids is 1. The third-order valence-corrected chi connectivity index (χ3v) is 3.21. The molecule has 1 aromatic carbocycles. The minimum absolute atomic E-state index is 0. The third kappa shape index (κ3) is 2.79. The fourth-order valence-electron chi connectivity index (χ4n) is 2.30. The minimum Gasteiger partial charge on any atom is -0.348 e. The van der Waals surface area contributed by atoms with Gasteiger partial charge in [-0.05, 0) is 30.4 Å². The highest BCUT2D eigenvalue weighted by atomic mass is 35.5. The van der Waals surface area contributed by atoms with E-state index in [1.54, 1.807) is 6.92 Å². The van der Waals surface area contributed by atoms with Crippen molar-refractivity contribution in [2.75, 3.05) is 0 Å². The van der Waals surface area contributed by atoms with Crippen LogP contribution in [0.3, 0.4) is 0 Å². The number of halogens is 1. The Balaban J connectivity index is 0.00000144. The zero-order chi connectivity index (χ0) is 11.7. The molecule has 0 fully saturated rings. The molecule has 3 N–H and O–H groups in total. The molecule has 0 spiro atoms. The Morgan fingerprint density at radius 2 is 2.12 bits per heavy atom. The molecule has 17 heavy (non-hydrogen) atoms. The van der Waals surface area contributed by atoms with Gasteiger partial charge in [-0.15, -0.1) is 12.4 Å². The average Bonchev–Trinajstić information content (AvgIpc) is 2.55. The molecule has 3 nitrogen and oxygen atoms in total. The van der Waals surface area contributed by atoms with Crippen molar-refractivity contribution in [1.29, 1.82) is 0 Å². The Morgan fingerprint density at radius 1 is 1.47 bits per heavy atom. The van der Waals surface area contributed by atoms with Gasteiger partial charge >= 0.3 is 0 Å². The van der Waals surface area contributed by atoms with Crippen LogP contribution in [0.4, 0.5) is 0 Å². The first kappa shape index (κ1) is 14.0. The van der Waals surface area contributed by atoms with E-state index in [9.17, 15) is 4.79 Å². The van der Waals surface area contributed by atoms with Crippen LogP contribution in [0.1, 0.15) is 31.0 Å². The van der Waals surface area contributed by atoms with E-state index in [4.69, 9.17) is 5.73 Å². The number of rotatable bonds is 2. The molecule has 0 saturated carbocycles. The van der Waals surface area contributed by atoms with Crippen molar-refractivity contribution < 1.29 is 4.79 Å². The van der Waals surface area contributed by atoms with E-state index in [1.165, 1.54) is 11.1 Å². The van der Waals surface area contributed by atoms with Gasteiger partial charge in [-0.3, -0.25) is 4.79 Å². The van der Waals surface area contributed by atoms with Crippen molar-refractivity contribution in [3.63, 3.8) is 0 Å². The standard InChI is InChI=1S/C13H18N2O.ClH/c1-8-7-10-5-3-4-6-11(10)12(8)15-13(16)9(2)14;/h3-6,8-9,12H,7,14H2,1-2H3,(H,15,16);1H/t8?,9-,12?;/m1./s1. The molecule has 0 bridgehead atoms. The molecule has 0 saturated heterocycles. The van der Waals surface area contributed by atoms with Crippen LogP contribution in [0, 0.1) is 5.92 Å². The minimum atomic E-state index is -0.444. The number of hydrogen-bond acceptors (Lipinski definition) is 2. The van der Waals surface area contributed by atoms with Gasteiger partial charge in [0.15, 0.2) is 0 Å². The van der Waals surface area contributed by atoms with Crippen molar-refractivity contribution in [1.82, 2.24) is 5.32 Å². The van der Waals surface area contributed by atoms with Crippen LogP contribution >= 0.6 is 12.4 Å². The molecule has 0 radical (unpaired) electrons. The maximum atomic E-state index is 11.6. The number of carbonyl (C=O) groups is 1. The lowest BCUT2D eigenvalue weighted by Crippen LogP contribution is -2.41. The fraction of sp³-hybridized carbons (Fsp3) is 0.462. The number of amides is 1. The maximum absolute atomic E-state index is 11.6. The number of hydrogen-bond donors (Lipinski definition) is 2. The van der Waals surface area contributed by atoms with Crippen LogP contribution in [-0.4, -0.2) is 11.9 Å². The number of nitrogens with one attached hydrogen (secondary N) is 1. The van der Waals surface area contributed by atoms with Crippen molar-refractivity contribution in [3.8, 4) is 0 Å². The summed E-state index contributed by atoms with van der Waals surface area (Å²) in [6.07, 6.45) is 1.03. The van der Waals surface area contributed by atoms with E-state index < -0.39 is 6.04 Å². The fourth-order valence-corrected chi connectivity index (χ4v) is 2.30. The molecule has 4 heteroatoms. The zero-order valence-corrected chi connectivity index (χ0v) is 11.0. The summed E-state index contributed by atoms with van der Waals surface area (Å²) in [7, 11) is 0. The normalized spacial score (nSPS) is 23.5. The van der Waals surface area contributed by atoms with Crippen LogP contribution in [0.2, 0.25) is 0 Å². The van der Waals surface area contributed by atoms with E-state index >= 15 is 0 Å². The summed E-state index contributed by atoms with van der Waals surface area (Å²) in [5.74, 6) is 0.369. The van der Waals surface area contributed by atoms with Gasteiger partial charge < -0.3 is 11.1 Å². The monoisotopic (exact) mass is 254 g/mol. The quantitative estimate of drug-likeness (QED) is 0.846. The Kier molecular flexibility index (Phi) is 4.54. The van der Waals surface area contributed by atoms with Crippen molar-refractivity contribution >= 4 is 18.3 Å². The molecule has 1 amide bonds. The Bertz CT molecular complexity index is 406. The summed E-state index contributed by atoms with van der Waals surface area (Å²) in [5.41, 5.74) is 8.15. The van der Waals surface area contributed by atoms with E-state index in [0.29, 0.717) is 5.92 Å². The number of benzene rings is 1. The summed E-state index contributed by atoms with van der Waals surface area (Å²) >= 11 is 0. The van der Waals surface area contributed by atoms with Gasteiger partial charge in [0, 0.05) is 0 Å². The van der Waals surface area contributed by atoms with E-state index in [0.717, 1.165) is 6.42 Å². The van der Waals surface area contributed by atoms with Gasteiger partial charge in [-0.1, -0.05) is 31.2 Å². The predicted molar refractivity (Wildman–Crippen MR) is 71.1 cm³/mol. The van der Waals surface area contributed by atoms with Gasteiger partial charge in [-0.25, -0.2) is 0 Å². The van der Waals surface area contributed by atoms with E-state index in [2.05, 4.69) is 24.4 Å². The molecular formula is C13H19ClN2O. The first-order chi connectivity index (χ1) is 7.59. The van der Waals surface area contributed by atoms with Crippen molar-refractivity contribution in [3.05, 3.63) is 35.4 Å². The molecule has 3 atom stereocenters. The zero-order valence-electron chi connectivity index (χ0n) is 10.1. The highest BCUT2D eigenvalue weighted by Gasteiger charge is 2.30. The summed E-state index contributed by atoms with van der Waals surface area (Å²) < 4.78 is 0. The van der Waals surface area contributed by atoms with E-state index in [1.807, 2.05) is 12.1 Å². The maximum Gasteiger partial charge on any atom is 0.237 e. The third-order valence-electron chi connectivity index (χ3n) is 3.21. The smallest absolute Gasteiger partial charge is 0.237 e. The molecule has 1 aliphatic carbocycles. The molecule has 2 unspecified atom stereocenters. The largest absolute Gasteiger partial charge is 0.348 e. The molecule has 1 aliphatic rings. The topological polar surface area (TPSA) is 55.1 Å². The SMILES string of the molecule is CC1Cc2ccccc2C1NC(=O)[C@@H](C)N.Cl. The van der Waals surface area contributed by atoms with Crippen LogP contribution in [0.25, 0.3) is 0 Å². The highest BCUT2D eigenvalue weighted by molar-refractivity contribution is 5.85. The van der Waals surface area contributed by atoms with Gasteiger partial charge in [0.1, 0.15) is 0 Å². The number of nitrogens with two attached hydrogens (primary N) is 1. The number of fused-ring (bicyclic) bond motifs is 1. The second kappa shape index (κ2) is 5.52. The molecule has 0 aliphatic heterocycles. The molecule has 0 heterocycles. The summed E-state index contributed by atoms with van der Waals surface area (Å²) in [5, 5.41) is 3.02. The lowest BCUT2D eigenvalue weighted by atomic mass is 10.0. The second-order valence-corrected chi connectivity index (χ2v) is 4.66.